The van der Waals surface area contributed by atoms with Crippen molar-refractivity contribution in [1.82, 2.24) is 5.32 Å². The summed E-state index contributed by atoms with van der Waals surface area (Å²) < 4.78 is 10.5. The number of nitrogens with one attached hydrogen (secondary N) is 1. The highest BCUT2D eigenvalue weighted by molar-refractivity contribution is 5.89. The normalized spacial score (nSPS) is 30.7. The van der Waals surface area contributed by atoms with Crippen LogP contribution in [0.5, 0.6) is 0 Å². The Hall–Kier alpha value is -1.88. The smallest absolute Gasteiger partial charge is 0.338 e. The second-order valence-electron chi connectivity index (χ2n) is 5.64. The zero-order chi connectivity index (χ0) is 14.8. The first-order valence-electron chi connectivity index (χ1n) is 7.29. The summed E-state index contributed by atoms with van der Waals surface area (Å²) in [6.07, 6.45) is 2.18. The van der Waals surface area contributed by atoms with Gasteiger partial charge in [0.25, 0.3) is 0 Å². The van der Waals surface area contributed by atoms with E-state index >= 15 is 0 Å². The van der Waals surface area contributed by atoms with Crippen molar-refractivity contribution in [1.29, 1.82) is 0 Å². The zero-order valence-electron chi connectivity index (χ0n) is 12.0. The third-order valence-corrected chi connectivity index (χ3v) is 4.37. The van der Waals surface area contributed by atoms with Gasteiger partial charge in [0.15, 0.2) is 0 Å². The van der Waals surface area contributed by atoms with Crippen molar-refractivity contribution in [2.24, 2.45) is 5.92 Å². The Morgan fingerprint density at radius 2 is 1.95 bits per heavy atom. The standard InChI is InChI=1S/C16H19NO4/c1-20-16(19)14-12-8-7-11(17-12)9-13(14)21-15(18)10-5-3-2-4-6-10/h2-6,11-14,17H,7-9H2,1H3/t11-,12+,13?,14?/m0/s1. The van der Waals surface area contributed by atoms with Gasteiger partial charge in [0.05, 0.1) is 12.7 Å². The van der Waals surface area contributed by atoms with Crippen LogP contribution in [-0.2, 0) is 14.3 Å². The van der Waals surface area contributed by atoms with Crippen LogP contribution in [0.25, 0.3) is 0 Å². The van der Waals surface area contributed by atoms with Crippen molar-refractivity contribution in [2.75, 3.05) is 7.11 Å². The lowest BCUT2D eigenvalue weighted by molar-refractivity contribution is -0.152. The summed E-state index contributed by atoms with van der Waals surface area (Å²) in [5.41, 5.74) is 0.506. The predicted molar refractivity (Wildman–Crippen MR) is 75.7 cm³/mol. The van der Waals surface area contributed by atoms with Crippen molar-refractivity contribution in [3.8, 4) is 0 Å². The Bertz CT molecular complexity index is 530. The molecule has 21 heavy (non-hydrogen) atoms. The zero-order valence-corrected chi connectivity index (χ0v) is 12.0. The molecule has 5 nitrogen and oxygen atoms in total. The molecule has 1 N–H and O–H groups in total. The lowest BCUT2D eigenvalue weighted by atomic mass is 9.89. The van der Waals surface area contributed by atoms with E-state index in [1.54, 1.807) is 24.3 Å². The Kier molecular flexibility index (Phi) is 3.92. The molecular formula is C16H19NO4. The number of fused-ring (bicyclic) bond motifs is 2. The molecule has 0 aliphatic carbocycles. The summed E-state index contributed by atoms with van der Waals surface area (Å²) in [5, 5.41) is 3.41. The van der Waals surface area contributed by atoms with Gasteiger partial charge in [-0.05, 0) is 25.0 Å². The van der Waals surface area contributed by atoms with Crippen molar-refractivity contribution in [2.45, 2.75) is 37.5 Å². The summed E-state index contributed by atoms with van der Waals surface area (Å²) in [6.45, 7) is 0. The molecule has 2 unspecified atom stereocenters. The minimum atomic E-state index is -0.415. The van der Waals surface area contributed by atoms with Gasteiger partial charge in [0.1, 0.15) is 12.0 Å². The Morgan fingerprint density at radius 3 is 2.67 bits per heavy atom. The minimum Gasteiger partial charge on any atom is -0.469 e. The highest BCUT2D eigenvalue weighted by atomic mass is 16.6. The van der Waals surface area contributed by atoms with E-state index in [9.17, 15) is 9.59 Å². The lowest BCUT2D eigenvalue weighted by Gasteiger charge is -2.35. The molecule has 2 bridgehead atoms. The first-order valence-corrected chi connectivity index (χ1v) is 7.29. The van der Waals surface area contributed by atoms with Crippen LogP contribution in [0.4, 0.5) is 0 Å². The van der Waals surface area contributed by atoms with Crippen LogP contribution in [0.3, 0.4) is 0 Å². The molecule has 2 aliphatic heterocycles. The molecule has 1 aromatic rings. The van der Waals surface area contributed by atoms with Crippen molar-refractivity contribution < 1.29 is 19.1 Å². The quantitative estimate of drug-likeness (QED) is 0.855. The summed E-state index contributed by atoms with van der Waals surface area (Å²) in [6, 6.07) is 9.23. The van der Waals surface area contributed by atoms with Gasteiger partial charge in [-0.15, -0.1) is 0 Å². The monoisotopic (exact) mass is 289 g/mol. The number of benzene rings is 1. The Morgan fingerprint density at radius 1 is 1.19 bits per heavy atom. The van der Waals surface area contributed by atoms with Gasteiger partial charge >= 0.3 is 11.9 Å². The van der Waals surface area contributed by atoms with E-state index in [4.69, 9.17) is 9.47 Å². The fraction of sp³-hybridized carbons (Fsp3) is 0.500. The largest absolute Gasteiger partial charge is 0.469 e. The first-order chi connectivity index (χ1) is 10.2. The molecular weight excluding hydrogens is 270 g/mol. The highest BCUT2D eigenvalue weighted by Gasteiger charge is 2.47. The molecule has 112 valence electrons. The minimum absolute atomic E-state index is 0.0461. The number of piperidine rings is 1. The second kappa shape index (κ2) is 5.85. The molecule has 0 amide bonds. The van der Waals surface area contributed by atoms with Crippen LogP contribution in [0, 0.1) is 5.92 Å². The molecule has 2 fully saturated rings. The van der Waals surface area contributed by atoms with Gasteiger partial charge in [-0.1, -0.05) is 18.2 Å². The number of methoxy groups -OCH3 is 1. The number of esters is 2. The topological polar surface area (TPSA) is 64.6 Å². The summed E-state index contributed by atoms with van der Waals surface area (Å²) >= 11 is 0. The van der Waals surface area contributed by atoms with Crippen molar-refractivity contribution in [3.63, 3.8) is 0 Å². The van der Waals surface area contributed by atoms with Crippen LogP contribution in [0.2, 0.25) is 0 Å². The molecule has 4 atom stereocenters. The average Bonchev–Trinajstić information content (AvgIpc) is 2.89. The van der Waals surface area contributed by atoms with Gasteiger partial charge in [-0.3, -0.25) is 4.79 Å². The molecule has 2 saturated heterocycles. The number of hydrogen-bond donors (Lipinski definition) is 1. The van der Waals surface area contributed by atoms with Gasteiger partial charge < -0.3 is 14.8 Å². The average molecular weight is 289 g/mol. The fourth-order valence-electron chi connectivity index (χ4n) is 3.36. The molecule has 3 rings (SSSR count). The second-order valence-corrected chi connectivity index (χ2v) is 5.64. The summed E-state index contributed by atoms with van der Waals surface area (Å²) in [7, 11) is 1.37. The Labute approximate surface area is 123 Å². The van der Waals surface area contributed by atoms with Gasteiger partial charge in [0.2, 0.25) is 0 Å². The maximum Gasteiger partial charge on any atom is 0.338 e. The molecule has 0 aromatic heterocycles. The van der Waals surface area contributed by atoms with E-state index in [1.807, 2.05) is 6.07 Å². The molecule has 5 heteroatoms. The summed E-state index contributed by atoms with van der Waals surface area (Å²) in [5.74, 6) is -1.10. The van der Waals surface area contributed by atoms with Crippen LogP contribution in [-0.4, -0.2) is 37.2 Å². The van der Waals surface area contributed by atoms with Gasteiger partial charge in [-0.25, -0.2) is 4.79 Å². The van der Waals surface area contributed by atoms with E-state index in [0.29, 0.717) is 18.0 Å². The van der Waals surface area contributed by atoms with E-state index in [1.165, 1.54) is 7.11 Å². The van der Waals surface area contributed by atoms with Crippen LogP contribution < -0.4 is 5.32 Å². The molecule has 2 heterocycles. The van der Waals surface area contributed by atoms with E-state index < -0.39 is 12.0 Å². The number of ether oxygens (including phenoxy) is 2. The SMILES string of the molecule is COC(=O)C1C(OC(=O)c2ccccc2)C[C@@H]2CC[C@H]1N2. The number of carbonyl (C=O) groups is 2. The lowest BCUT2D eigenvalue weighted by Crippen LogP contribution is -2.53. The number of rotatable bonds is 3. The molecule has 1 aromatic carbocycles. The third kappa shape index (κ3) is 2.78. The summed E-state index contributed by atoms with van der Waals surface area (Å²) in [4.78, 5) is 24.2. The van der Waals surface area contributed by atoms with Crippen LogP contribution >= 0.6 is 0 Å². The van der Waals surface area contributed by atoms with Crippen LogP contribution in [0.15, 0.2) is 30.3 Å². The fourth-order valence-corrected chi connectivity index (χ4v) is 3.36. The first kappa shape index (κ1) is 14.1. The number of hydrogen-bond acceptors (Lipinski definition) is 5. The predicted octanol–water partition coefficient (Wildman–Crippen LogP) is 1.53. The maximum absolute atomic E-state index is 12.2. The third-order valence-electron chi connectivity index (χ3n) is 4.37. The number of carbonyl (C=O) groups excluding carboxylic acids is 2. The van der Waals surface area contributed by atoms with Gasteiger partial charge in [-0.2, -0.15) is 0 Å². The van der Waals surface area contributed by atoms with E-state index in [-0.39, 0.29) is 18.0 Å². The molecule has 0 spiro atoms. The van der Waals surface area contributed by atoms with Crippen molar-refractivity contribution in [3.05, 3.63) is 35.9 Å². The van der Waals surface area contributed by atoms with E-state index in [0.717, 1.165) is 12.8 Å². The maximum atomic E-state index is 12.2. The Balaban J connectivity index is 1.76. The van der Waals surface area contributed by atoms with Gasteiger partial charge in [0, 0.05) is 18.5 Å². The van der Waals surface area contributed by atoms with Crippen LogP contribution in [0.1, 0.15) is 29.6 Å². The highest BCUT2D eigenvalue weighted by Crippen LogP contribution is 2.34. The molecule has 2 aliphatic rings. The molecule has 0 radical (unpaired) electrons. The molecule has 0 saturated carbocycles. The van der Waals surface area contributed by atoms with E-state index in [2.05, 4.69) is 5.32 Å². The van der Waals surface area contributed by atoms with Crippen molar-refractivity contribution >= 4 is 11.9 Å².